The van der Waals surface area contributed by atoms with Gasteiger partial charge in [0.25, 0.3) is 0 Å². The molecule has 0 saturated carbocycles. The summed E-state index contributed by atoms with van der Waals surface area (Å²) in [6.07, 6.45) is -1.17. The number of hydrogen-bond donors (Lipinski definition) is 1. The van der Waals surface area contributed by atoms with E-state index in [0.29, 0.717) is 13.1 Å². The van der Waals surface area contributed by atoms with Crippen molar-refractivity contribution in [2.75, 3.05) is 13.2 Å². The summed E-state index contributed by atoms with van der Waals surface area (Å²) in [5.41, 5.74) is 13.1. The second kappa shape index (κ2) is 14.2. The minimum atomic E-state index is -0.443. The van der Waals surface area contributed by atoms with Crippen LogP contribution in [-0.4, -0.2) is 76.8 Å². The number of fused-ring (bicyclic) bond motifs is 2. The zero-order chi connectivity index (χ0) is 31.7. The Labute approximate surface area is 283 Å². The summed E-state index contributed by atoms with van der Waals surface area (Å²) >= 11 is 4.59. The van der Waals surface area contributed by atoms with Crippen LogP contribution in [0.2, 0.25) is 0 Å². The molecule has 4 aliphatic heterocycles. The molecule has 4 saturated heterocycles. The van der Waals surface area contributed by atoms with Crippen LogP contribution >= 0.6 is 45.2 Å². The number of halogens is 2. The first-order valence-corrected chi connectivity index (χ1v) is 16.6. The molecular formula is C30H35I2N5O7. The molecule has 2 aromatic carbocycles. The lowest BCUT2D eigenvalue weighted by Crippen LogP contribution is -2.35. The number of nitrogens with zero attached hydrogens (tertiary/aromatic N) is 5. The molecule has 1 N–H and O–H groups in total. The summed E-state index contributed by atoms with van der Waals surface area (Å²) in [6, 6.07) is 11.3. The van der Waals surface area contributed by atoms with Gasteiger partial charge in [0.2, 0.25) is 0 Å². The Kier molecular flexibility index (Phi) is 10.7. The number of azide groups is 1. The molecule has 14 heteroatoms. The zero-order valence-corrected chi connectivity index (χ0v) is 29.1. The predicted octanol–water partition coefficient (Wildman–Crippen LogP) is 4.59. The van der Waals surface area contributed by atoms with E-state index in [0.717, 1.165) is 11.1 Å². The minimum absolute atomic E-state index is 0.106. The van der Waals surface area contributed by atoms with E-state index in [-0.39, 0.29) is 61.3 Å². The summed E-state index contributed by atoms with van der Waals surface area (Å²) in [4.78, 5) is 38.8. The topological polar surface area (TPSA) is 147 Å². The van der Waals surface area contributed by atoms with Crippen LogP contribution in [0.3, 0.4) is 0 Å². The molecule has 236 valence electrons. The van der Waals surface area contributed by atoms with Crippen molar-refractivity contribution in [2.45, 2.75) is 77.3 Å². The van der Waals surface area contributed by atoms with Crippen LogP contribution in [0.1, 0.15) is 36.1 Å². The van der Waals surface area contributed by atoms with Gasteiger partial charge in [-0.05, 0) is 113 Å². The highest BCUT2D eigenvalue weighted by Crippen LogP contribution is 2.40. The maximum atomic E-state index is 12.2. The third-order valence-corrected chi connectivity index (χ3v) is 11.2. The van der Waals surface area contributed by atoms with Gasteiger partial charge in [-0.15, -0.1) is 0 Å². The standard InChI is InChI=1S/C15H17IN4O3.C15H18INO4/c1-8-10(4-3-5-11(8)16)7-20-14-13(9(2)22-15(14)21)12(23-20)6-18-19-17;1-8-10(4-3-5-11(8)16)6-17-14-13(12(7-18)21-17)9(2)20-15(14)19/h3-5,9,12-14H,6-7H2,1-2H3;3-5,9,12-14,18H,6-7H2,1-2H3/t2*9-,12-,13+,14-/m00/s1. The number of benzene rings is 2. The van der Waals surface area contributed by atoms with Crippen molar-refractivity contribution in [1.29, 1.82) is 0 Å². The number of ether oxygens (including phenoxy) is 2. The SMILES string of the molecule is Cc1c(I)cccc1CN1O[C@@H](CN=[N+]=[N-])[C@H]2[C@H](C)OC(=O)[C@H]21.Cc1c(I)cccc1CN1O[C@@H](CO)[C@H]2[C@H](C)OC(=O)[C@H]21. The molecule has 0 aliphatic carbocycles. The molecule has 6 rings (SSSR count). The monoisotopic (exact) mass is 831 g/mol. The van der Waals surface area contributed by atoms with Gasteiger partial charge in [0.1, 0.15) is 30.4 Å². The Morgan fingerprint density at radius 3 is 1.75 bits per heavy atom. The number of cyclic esters (lactones) is 2. The van der Waals surface area contributed by atoms with Crippen LogP contribution in [0.25, 0.3) is 10.4 Å². The first-order valence-electron chi connectivity index (χ1n) is 14.4. The van der Waals surface area contributed by atoms with E-state index in [2.05, 4.69) is 75.1 Å². The van der Waals surface area contributed by atoms with Gasteiger partial charge in [-0.3, -0.25) is 19.3 Å². The third kappa shape index (κ3) is 6.58. The van der Waals surface area contributed by atoms with E-state index >= 15 is 0 Å². The van der Waals surface area contributed by atoms with E-state index in [1.54, 1.807) is 10.1 Å². The fourth-order valence-electron chi connectivity index (χ4n) is 6.42. The summed E-state index contributed by atoms with van der Waals surface area (Å²) in [5, 5.41) is 16.5. The molecule has 0 aromatic heterocycles. The van der Waals surface area contributed by atoms with Crippen molar-refractivity contribution in [2.24, 2.45) is 17.0 Å². The molecule has 12 nitrogen and oxygen atoms in total. The first kappa shape index (κ1) is 33.3. The number of carbonyl (C=O) groups is 2. The number of hydrogen-bond acceptors (Lipinski definition) is 10. The maximum Gasteiger partial charge on any atom is 0.326 e. The Balaban J connectivity index is 0.000000175. The van der Waals surface area contributed by atoms with Crippen LogP contribution in [0, 0.1) is 32.8 Å². The Hall–Kier alpha value is -2.05. The molecule has 4 heterocycles. The van der Waals surface area contributed by atoms with Crippen LogP contribution in [0.15, 0.2) is 41.5 Å². The van der Waals surface area contributed by atoms with Gasteiger partial charge in [-0.1, -0.05) is 29.4 Å². The normalized spacial score (nSPS) is 31.1. The summed E-state index contributed by atoms with van der Waals surface area (Å²) in [6.45, 7) is 8.93. The van der Waals surface area contributed by atoms with Gasteiger partial charge in [0.15, 0.2) is 0 Å². The van der Waals surface area contributed by atoms with E-state index in [4.69, 9.17) is 24.7 Å². The smallest absolute Gasteiger partial charge is 0.326 e. The zero-order valence-electron chi connectivity index (χ0n) is 24.8. The highest BCUT2D eigenvalue weighted by Gasteiger charge is 2.57. The Morgan fingerprint density at radius 1 is 0.841 bits per heavy atom. The molecule has 8 atom stereocenters. The molecule has 0 spiro atoms. The fourth-order valence-corrected chi connectivity index (χ4v) is 7.53. The molecular weight excluding hydrogens is 796 g/mol. The fraction of sp³-hybridized carbons (Fsp3) is 0.533. The van der Waals surface area contributed by atoms with E-state index < -0.39 is 12.1 Å². The Morgan fingerprint density at radius 2 is 1.30 bits per heavy atom. The quantitative estimate of drug-likeness (QED) is 0.139. The van der Waals surface area contributed by atoms with Crippen molar-refractivity contribution in [3.63, 3.8) is 0 Å². The second-order valence-corrected chi connectivity index (χ2v) is 13.7. The van der Waals surface area contributed by atoms with E-state index in [1.165, 1.54) is 18.3 Å². The molecule has 0 radical (unpaired) electrons. The molecule has 0 unspecified atom stereocenters. The molecule has 4 fully saturated rings. The molecule has 0 bridgehead atoms. The van der Waals surface area contributed by atoms with Crippen LogP contribution < -0.4 is 0 Å². The average Bonchev–Trinajstić information content (AvgIpc) is 3.71. The molecule has 44 heavy (non-hydrogen) atoms. The Bertz CT molecular complexity index is 1460. The van der Waals surface area contributed by atoms with Crippen molar-refractivity contribution >= 4 is 57.1 Å². The summed E-state index contributed by atoms with van der Waals surface area (Å²) in [5.74, 6) is -0.748. The van der Waals surface area contributed by atoms with Gasteiger partial charge in [0, 0.05) is 12.1 Å². The minimum Gasteiger partial charge on any atom is -0.461 e. The van der Waals surface area contributed by atoms with Crippen molar-refractivity contribution in [1.82, 2.24) is 10.1 Å². The predicted molar refractivity (Wildman–Crippen MR) is 175 cm³/mol. The number of aliphatic hydroxyl groups excluding tert-OH is 1. The number of aliphatic hydroxyl groups is 1. The molecule has 2 aromatic rings. The lowest BCUT2D eigenvalue weighted by molar-refractivity contribution is -0.195. The van der Waals surface area contributed by atoms with Gasteiger partial charge >= 0.3 is 11.9 Å². The molecule has 0 amide bonds. The third-order valence-electron chi connectivity index (χ3n) is 8.84. The van der Waals surface area contributed by atoms with Crippen LogP contribution in [0.4, 0.5) is 0 Å². The second-order valence-electron chi connectivity index (χ2n) is 11.4. The van der Waals surface area contributed by atoms with Gasteiger partial charge in [-0.25, -0.2) is 0 Å². The highest BCUT2D eigenvalue weighted by molar-refractivity contribution is 14.1. The average molecular weight is 831 g/mol. The number of rotatable bonds is 7. The van der Waals surface area contributed by atoms with Gasteiger partial charge in [0.05, 0.1) is 44.2 Å². The van der Waals surface area contributed by atoms with Gasteiger partial charge < -0.3 is 14.6 Å². The van der Waals surface area contributed by atoms with Crippen molar-refractivity contribution < 1.29 is 33.8 Å². The maximum absolute atomic E-state index is 12.2. The van der Waals surface area contributed by atoms with E-state index in [1.807, 2.05) is 44.2 Å². The lowest BCUT2D eigenvalue weighted by atomic mass is 9.92. The van der Waals surface area contributed by atoms with Crippen LogP contribution in [-0.2, 0) is 41.8 Å². The number of esters is 2. The summed E-state index contributed by atoms with van der Waals surface area (Å²) < 4.78 is 13.0. The first-order chi connectivity index (χ1) is 21.0. The van der Waals surface area contributed by atoms with Crippen molar-refractivity contribution in [3.05, 3.63) is 76.2 Å². The largest absolute Gasteiger partial charge is 0.461 e. The lowest BCUT2D eigenvalue weighted by Gasteiger charge is -2.21. The van der Waals surface area contributed by atoms with Gasteiger partial charge in [-0.2, -0.15) is 10.1 Å². The summed E-state index contributed by atoms with van der Waals surface area (Å²) in [7, 11) is 0. The van der Waals surface area contributed by atoms with Crippen molar-refractivity contribution in [3.8, 4) is 0 Å². The van der Waals surface area contributed by atoms with Crippen LogP contribution in [0.5, 0.6) is 0 Å². The molecule has 4 aliphatic rings. The number of hydroxylamine groups is 4. The number of carbonyl (C=O) groups excluding carboxylic acids is 2. The van der Waals surface area contributed by atoms with E-state index in [9.17, 15) is 14.7 Å². The highest BCUT2D eigenvalue weighted by atomic mass is 127.